The Bertz CT molecular complexity index is 744. The molecule has 3 N–H and O–H groups in total. The van der Waals surface area contributed by atoms with Gasteiger partial charge in [0.1, 0.15) is 0 Å². The van der Waals surface area contributed by atoms with Gasteiger partial charge in [-0.3, -0.25) is 4.79 Å². The summed E-state index contributed by atoms with van der Waals surface area (Å²) in [5.41, 5.74) is 0.296. The van der Waals surface area contributed by atoms with Gasteiger partial charge >= 0.3 is 5.97 Å². The molecule has 0 amide bonds. The van der Waals surface area contributed by atoms with Gasteiger partial charge in [0.25, 0.3) is 0 Å². The number of carbonyl (C=O) groups is 1. The highest BCUT2D eigenvalue weighted by Crippen LogP contribution is 2.68. The van der Waals surface area contributed by atoms with E-state index in [2.05, 4.69) is 26.8 Å². The van der Waals surface area contributed by atoms with Gasteiger partial charge in [-0.1, -0.05) is 45.1 Å². The Morgan fingerprint density at radius 1 is 1.00 bits per heavy atom. The van der Waals surface area contributed by atoms with Crippen LogP contribution in [0.1, 0.15) is 85.0 Å². The van der Waals surface area contributed by atoms with E-state index in [1.807, 2.05) is 12.2 Å². The van der Waals surface area contributed by atoms with Crippen LogP contribution in [0.15, 0.2) is 24.3 Å². The van der Waals surface area contributed by atoms with E-state index in [0.717, 1.165) is 38.0 Å². The number of aliphatic carboxylic acids is 1. The molecule has 10 atom stereocenters. The predicted octanol–water partition coefficient (Wildman–Crippen LogP) is 5.59. The number of allylic oxidation sites excluding steroid dienone is 3. The second kappa shape index (κ2) is 9.25. The van der Waals surface area contributed by atoms with Gasteiger partial charge < -0.3 is 15.3 Å². The summed E-state index contributed by atoms with van der Waals surface area (Å²) in [6.45, 7) is 7.21. The summed E-state index contributed by atoms with van der Waals surface area (Å²) in [7, 11) is 0. The predicted molar refractivity (Wildman–Crippen MR) is 127 cm³/mol. The van der Waals surface area contributed by atoms with E-state index in [4.69, 9.17) is 5.11 Å². The molecule has 0 aliphatic heterocycles. The first-order valence-electron chi connectivity index (χ1n) is 13.1. The van der Waals surface area contributed by atoms with E-state index >= 15 is 0 Å². The molecule has 4 rings (SSSR count). The average Bonchev–Trinajstić information content (AvgIpc) is 3.10. The Morgan fingerprint density at radius 3 is 2.50 bits per heavy atom. The van der Waals surface area contributed by atoms with E-state index in [-0.39, 0.29) is 24.0 Å². The number of hydrogen-bond donors (Lipinski definition) is 3. The maximum atomic E-state index is 11.6. The summed E-state index contributed by atoms with van der Waals surface area (Å²) in [5, 5.41) is 30.6. The lowest BCUT2D eigenvalue weighted by molar-refractivity contribution is -0.174. The van der Waals surface area contributed by atoms with Crippen molar-refractivity contribution >= 4 is 5.97 Å². The fourth-order valence-electron chi connectivity index (χ4n) is 8.94. The molecule has 4 nitrogen and oxygen atoms in total. The van der Waals surface area contributed by atoms with E-state index in [0.29, 0.717) is 35.0 Å². The van der Waals surface area contributed by atoms with Gasteiger partial charge in [0.15, 0.2) is 0 Å². The SMILES string of the molecule is CC(CC=CC=CCC(=O)O)[C@H]1CC[C@H]2[C@@H]3CCC4CC(O)CC[C@]4(C)[C@H]3CC(O)[C@]12C. The van der Waals surface area contributed by atoms with Crippen molar-refractivity contribution in [3.05, 3.63) is 24.3 Å². The fraction of sp³-hybridized carbons (Fsp3) is 0.821. The maximum Gasteiger partial charge on any atom is 0.307 e. The van der Waals surface area contributed by atoms with Crippen molar-refractivity contribution in [2.24, 2.45) is 46.3 Å². The van der Waals surface area contributed by atoms with Crippen LogP contribution in [0, 0.1) is 46.3 Å². The third-order valence-corrected chi connectivity index (χ3v) is 10.7. The molecule has 0 spiro atoms. The molecule has 0 aromatic carbocycles. The lowest BCUT2D eigenvalue weighted by Crippen LogP contribution is -2.58. The summed E-state index contributed by atoms with van der Waals surface area (Å²) < 4.78 is 0. The second-order valence-electron chi connectivity index (χ2n) is 12.1. The third kappa shape index (κ3) is 4.11. The smallest absolute Gasteiger partial charge is 0.307 e. The van der Waals surface area contributed by atoms with Gasteiger partial charge in [-0.25, -0.2) is 0 Å². The number of carboxylic acids is 1. The Kier molecular flexibility index (Phi) is 6.94. The number of fused-ring (bicyclic) bond motifs is 5. The molecule has 0 bridgehead atoms. The van der Waals surface area contributed by atoms with Crippen molar-refractivity contribution in [1.82, 2.24) is 0 Å². The van der Waals surface area contributed by atoms with Gasteiger partial charge in [-0.15, -0.1) is 0 Å². The molecule has 4 heteroatoms. The molecule has 4 aliphatic carbocycles. The van der Waals surface area contributed by atoms with Gasteiger partial charge in [0.05, 0.1) is 18.6 Å². The van der Waals surface area contributed by atoms with Crippen molar-refractivity contribution in [3.8, 4) is 0 Å². The van der Waals surface area contributed by atoms with Gasteiger partial charge in [-0.2, -0.15) is 0 Å². The number of hydrogen-bond acceptors (Lipinski definition) is 3. The van der Waals surface area contributed by atoms with Crippen LogP contribution in [-0.4, -0.2) is 33.5 Å². The van der Waals surface area contributed by atoms with Crippen molar-refractivity contribution in [1.29, 1.82) is 0 Å². The van der Waals surface area contributed by atoms with Crippen LogP contribution in [0.25, 0.3) is 0 Å². The molecule has 0 radical (unpaired) electrons. The van der Waals surface area contributed by atoms with E-state index in [9.17, 15) is 15.0 Å². The highest BCUT2D eigenvalue weighted by Gasteiger charge is 2.63. The Balaban J connectivity index is 1.45. The summed E-state index contributed by atoms with van der Waals surface area (Å²) in [6.07, 6.45) is 17.3. The Morgan fingerprint density at radius 2 is 1.75 bits per heavy atom. The van der Waals surface area contributed by atoms with Crippen LogP contribution in [0.4, 0.5) is 0 Å². The zero-order valence-electron chi connectivity index (χ0n) is 20.2. The minimum Gasteiger partial charge on any atom is -0.481 e. The number of rotatable bonds is 6. The van der Waals surface area contributed by atoms with Crippen molar-refractivity contribution in [3.63, 3.8) is 0 Å². The van der Waals surface area contributed by atoms with Crippen molar-refractivity contribution < 1.29 is 20.1 Å². The monoisotopic (exact) mass is 444 g/mol. The summed E-state index contributed by atoms with van der Waals surface area (Å²) in [4.78, 5) is 10.6. The largest absolute Gasteiger partial charge is 0.481 e. The molecule has 0 aromatic heterocycles. The molecule has 0 heterocycles. The molecular weight excluding hydrogens is 400 g/mol. The molecule has 4 fully saturated rings. The Labute approximate surface area is 194 Å². The zero-order valence-corrected chi connectivity index (χ0v) is 20.2. The van der Waals surface area contributed by atoms with Crippen LogP contribution in [0.2, 0.25) is 0 Å². The Hall–Kier alpha value is -1.13. The van der Waals surface area contributed by atoms with Gasteiger partial charge in [0, 0.05) is 0 Å². The molecular formula is C28H44O4. The molecule has 4 aliphatic rings. The topological polar surface area (TPSA) is 77.8 Å². The molecule has 0 saturated heterocycles. The first-order valence-corrected chi connectivity index (χ1v) is 13.1. The molecule has 4 unspecified atom stereocenters. The van der Waals surface area contributed by atoms with Crippen LogP contribution < -0.4 is 0 Å². The van der Waals surface area contributed by atoms with Gasteiger partial charge in [0.2, 0.25) is 0 Å². The third-order valence-electron chi connectivity index (χ3n) is 10.7. The molecule has 32 heavy (non-hydrogen) atoms. The van der Waals surface area contributed by atoms with Crippen molar-refractivity contribution in [2.45, 2.75) is 97.2 Å². The first kappa shape index (κ1) is 24.0. The average molecular weight is 445 g/mol. The minimum absolute atomic E-state index is 0.00491. The van der Waals surface area contributed by atoms with E-state index in [1.165, 1.54) is 25.7 Å². The van der Waals surface area contributed by atoms with Crippen LogP contribution in [0.5, 0.6) is 0 Å². The number of aliphatic hydroxyl groups is 2. The van der Waals surface area contributed by atoms with Crippen molar-refractivity contribution in [2.75, 3.05) is 0 Å². The second-order valence-corrected chi connectivity index (χ2v) is 12.1. The fourth-order valence-corrected chi connectivity index (χ4v) is 8.94. The van der Waals surface area contributed by atoms with Crippen LogP contribution in [-0.2, 0) is 4.79 Å². The normalized spacial score (nSPS) is 47.2. The van der Waals surface area contributed by atoms with Crippen LogP contribution in [0.3, 0.4) is 0 Å². The summed E-state index contributed by atoms with van der Waals surface area (Å²) >= 11 is 0. The summed E-state index contributed by atoms with van der Waals surface area (Å²) in [5.74, 6) is 2.82. The highest BCUT2D eigenvalue weighted by atomic mass is 16.4. The zero-order chi connectivity index (χ0) is 23.1. The van der Waals surface area contributed by atoms with E-state index < -0.39 is 5.97 Å². The van der Waals surface area contributed by atoms with Crippen LogP contribution >= 0.6 is 0 Å². The number of aliphatic hydroxyl groups excluding tert-OH is 2. The minimum atomic E-state index is -0.801. The van der Waals surface area contributed by atoms with E-state index in [1.54, 1.807) is 6.08 Å². The first-order chi connectivity index (χ1) is 15.2. The molecule has 180 valence electrons. The number of carboxylic acid groups (broad SMARTS) is 1. The quantitative estimate of drug-likeness (QED) is 0.467. The maximum absolute atomic E-state index is 11.6. The molecule has 0 aromatic rings. The van der Waals surface area contributed by atoms with Gasteiger partial charge in [-0.05, 0) is 104 Å². The summed E-state index contributed by atoms with van der Waals surface area (Å²) in [6, 6.07) is 0. The standard InChI is InChI=1S/C28H44O4/c1-18(8-6-4-5-7-9-26(31)32)22-12-13-23-21-11-10-19-16-20(29)14-15-27(19,2)24(21)17-25(30)28(22,23)3/h4-7,18-25,29-30H,8-17H2,1-3H3,(H,31,32)/t18?,19?,20?,21-,22+,23-,24-,25?,27-,28+/m0/s1. The lowest BCUT2D eigenvalue weighted by atomic mass is 9.43. The lowest BCUT2D eigenvalue weighted by Gasteiger charge is -2.62. The molecule has 4 saturated carbocycles. The highest BCUT2D eigenvalue weighted by molar-refractivity contribution is 5.68.